The summed E-state index contributed by atoms with van der Waals surface area (Å²) in [5.74, 6) is -4.15. The summed E-state index contributed by atoms with van der Waals surface area (Å²) < 4.78 is 50.5. The van der Waals surface area contributed by atoms with Crippen molar-refractivity contribution in [3.8, 4) is 5.75 Å². The van der Waals surface area contributed by atoms with Crippen molar-refractivity contribution in [2.24, 2.45) is 0 Å². The van der Waals surface area contributed by atoms with E-state index in [0.29, 0.717) is 16.5 Å². The number of hydrogen-bond acceptors (Lipinski definition) is 2. The van der Waals surface area contributed by atoms with Crippen LogP contribution in [-0.4, -0.2) is 24.0 Å². The number of aromatic hydroxyl groups is 1. The predicted octanol–water partition coefficient (Wildman–Crippen LogP) is 4.10. The molecule has 0 radical (unpaired) electrons. The maximum Gasteiger partial charge on any atom is 0.319 e. The zero-order valence-electron chi connectivity index (χ0n) is 10.1. The Bertz CT molecular complexity index is 428. The Morgan fingerprint density at radius 1 is 1.37 bits per heavy atom. The summed E-state index contributed by atoms with van der Waals surface area (Å²) in [4.78, 5) is 0. The van der Waals surface area contributed by atoms with Crippen molar-refractivity contribution < 1.29 is 22.7 Å². The quantitative estimate of drug-likeness (QED) is 0.762. The van der Waals surface area contributed by atoms with Crippen molar-refractivity contribution in [3.63, 3.8) is 0 Å². The van der Waals surface area contributed by atoms with E-state index >= 15 is 0 Å². The molecule has 0 saturated carbocycles. The maximum absolute atomic E-state index is 12.9. The number of phenolic OH excluding ortho intramolecular Hbond substituents is 1. The number of nitrogens with one attached hydrogen (secondary N) is 1. The van der Waals surface area contributed by atoms with Gasteiger partial charge in [-0.15, -0.1) is 0 Å². The second kappa shape index (κ2) is 6.56. The van der Waals surface area contributed by atoms with Crippen LogP contribution in [0.2, 0.25) is 0 Å². The van der Waals surface area contributed by atoms with Gasteiger partial charge in [0.1, 0.15) is 5.75 Å². The molecule has 2 N–H and O–H groups in total. The van der Waals surface area contributed by atoms with Gasteiger partial charge in [0.2, 0.25) is 0 Å². The van der Waals surface area contributed by atoms with Crippen LogP contribution in [0, 0.1) is 0 Å². The van der Waals surface area contributed by atoms with Crippen LogP contribution in [0.1, 0.15) is 24.9 Å². The molecule has 19 heavy (non-hydrogen) atoms. The zero-order chi connectivity index (χ0) is 14.6. The molecule has 0 aliphatic rings. The smallest absolute Gasteiger partial charge is 0.319 e. The molecule has 1 rings (SSSR count). The molecule has 1 unspecified atom stereocenters. The van der Waals surface area contributed by atoms with Gasteiger partial charge in [-0.2, -0.15) is 8.78 Å². The van der Waals surface area contributed by atoms with Crippen molar-refractivity contribution >= 4 is 15.9 Å². The van der Waals surface area contributed by atoms with E-state index in [4.69, 9.17) is 0 Å². The molecule has 0 aliphatic heterocycles. The number of alkyl halides is 4. The molecule has 0 bridgehead atoms. The largest absolute Gasteiger partial charge is 0.508 e. The molecule has 0 spiro atoms. The molecule has 1 aromatic rings. The Balaban J connectivity index is 2.82. The molecule has 7 heteroatoms. The van der Waals surface area contributed by atoms with Crippen LogP contribution in [0.15, 0.2) is 22.7 Å². The van der Waals surface area contributed by atoms with Crippen LogP contribution in [-0.2, 0) is 0 Å². The van der Waals surface area contributed by atoms with Crippen molar-refractivity contribution in [1.82, 2.24) is 5.32 Å². The Labute approximate surface area is 116 Å². The third-order valence-corrected chi connectivity index (χ3v) is 3.17. The summed E-state index contributed by atoms with van der Waals surface area (Å²) in [6.45, 7) is 0.563. The molecule has 1 aromatic carbocycles. The Morgan fingerprint density at radius 2 is 2.00 bits per heavy atom. The van der Waals surface area contributed by atoms with E-state index < -0.39 is 24.9 Å². The molecule has 0 aliphatic carbocycles. The van der Waals surface area contributed by atoms with Gasteiger partial charge in [-0.1, -0.05) is 22.9 Å². The van der Waals surface area contributed by atoms with Gasteiger partial charge in [-0.3, -0.25) is 0 Å². The molecular weight excluding hydrogens is 330 g/mol. The van der Waals surface area contributed by atoms with Gasteiger partial charge in [-0.25, -0.2) is 8.78 Å². The van der Waals surface area contributed by atoms with E-state index in [-0.39, 0.29) is 5.75 Å². The third kappa shape index (κ3) is 4.35. The summed E-state index contributed by atoms with van der Waals surface area (Å²) in [5.41, 5.74) is 0.391. The third-order valence-electron chi connectivity index (χ3n) is 2.68. The maximum atomic E-state index is 12.9. The summed E-state index contributed by atoms with van der Waals surface area (Å²) >= 11 is 3.20. The minimum atomic E-state index is -4.09. The van der Waals surface area contributed by atoms with Gasteiger partial charge < -0.3 is 10.4 Å². The van der Waals surface area contributed by atoms with E-state index in [1.807, 2.05) is 0 Å². The van der Waals surface area contributed by atoms with Crippen molar-refractivity contribution in [1.29, 1.82) is 0 Å². The number of halogens is 5. The summed E-state index contributed by atoms with van der Waals surface area (Å²) in [6.07, 6.45) is -3.34. The second-order valence-corrected chi connectivity index (χ2v) is 5.02. The fraction of sp³-hybridized carbons (Fsp3) is 0.500. The molecule has 2 nitrogen and oxygen atoms in total. The van der Waals surface area contributed by atoms with E-state index in [2.05, 4.69) is 21.2 Å². The monoisotopic (exact) mass is 343 g/mol. The molecule has 0 aromatic heterocycles. The predicted molar refractivity (Wildman–Crippen MR) is 67.8 cm³/mol. The number of hydrogen-bond donors (Lipinski definition) is 2. The van der Waals surface area contributed by atoms with Gasteiger partial charge in [0.15, 0.2) is 0 Å². The molecule has 0 amide bonds. The van der Waals surface area contributed by atoms with E-state index in [0.717, 1.165) is 0 Å². The first-order chi connectivity index (χ1) is 8.77. The fourth-order valence-corrected chi connectivity index (χ4v) is 1.99. The minimum absolute atomic E-state index is 0.0667. The van der Waals surface area contributed by atoms with Crippen LogP contribution in [0.4, 0.5) is 17.6 Å². The topological polar surface area (TPSA) is 32.3 Å². The van der Waals surface area contributed by atoms with Gasteiger partial charge in [0.25, 0.3) is 0 Å². The Kier molecular flexibility index (Phi) is 5.61. The van der Waals surface area contributed by atoms with Crippen molar-refractivity contribution in [3.05, 3.63) is 28.2 Å². The lowest BCUT2D eigenvalue weighted by Gasteiger charge is -2.22. The van der Waals surface area contributed by atoms with Crippen molar-refractivity contribution in [2.45, 2.75) is 31.7 Å². The lowest BCUT2D eigenvalue weighted by atomic mass is 10.0. The highest BCUT2D eigenvalue weighted by Gasteiger charge is 2.40. The highest BCUT2D eigenvalue weighted by molar-refractivity contribution is 9.10. The first-order valence-electron chi connectivity index (χ1n) is 5.65. The zero-order valence-corrected chi connectivity index (χ0v) is 11.7. The number of rotatable bonds is 6. The number of phenols is 1. The van der Waals surface area contributed by atoms with Crippen LogP contribution in [0.25, 0.3) is 0 Å². The summed E-state index contributed by atoms with van der Waals surface area (Å²) in [6, 6.07) is 3.95. The molecule has 108 valence electrons. The van der Waals surface area contributed by atoms with Crippen LogP contribution in [0.3, 0.4) is 0 Å². The van der Waals surface area contributed by atoms with Gasteiger partial charge >= 0.3 is 12.3 Å². The summed E-state index contributed by atoms with van der Waals surface area (Å²) in [7, 11) is 0. The Morgan fingerprint density at radius 3 is 2.53 bits per heavy atom. The SMILES string of the molecule is CCC(NCC(F)(F)C(F)F)c1cc(Br)ccc1O. The lowest BCUT2D eigenvalue weighted by molar-refractivity contribution is -0.126. The van der Waals surface area contributed by atoms with Gasteiger partial charge in [0, 0.05) is 16.1 Å². The van der Waals surface area contributed by atoms with Crippen molar-refractivity contribution in [2.75, 3.05) is 6.54 Å². The van der Waals surface area contributed by atoms with E-state index in [1.165, 1.54) is 6.07 Å². The fourth-order valence-electron chi connectivity index (χ4n) is 1.62. The van der Waals surface area contributed by atoms with E-state index in [1.54, 1.807) is 19.1 Å². The van der Waals surface area contributed by atoms with Gasteiger partial charge in [-0.05, 0) is 24.6 Å². The molecular formula is C12H14BrF4NO. The molecule has 0 heterocycles. The molecule has 0 saturated heterocycles. The average molecular weight is 344 g/mol. The summed E-state index contributed by atoms with van der Waals surface area (Å²) in [5, 5.41) is 12.0. The first-order valence-corrected chi connectivity index (χ1v) is 6.45. The average Bonchev–Trinajstić information content (AvgIpc) is 2.33. The molecule has 1 atom stereocenters. The first kappa shape index (κ1) is 16.2. The van der Waals surface area contributed by atoms with Gasteiger partial charge in [0.05, 0.1) is 6.54 Å². The van der Waals surface area contributed by atoms with Crippen LogP contribution < -0.4 is 5.32 Å². The van der Waals surface area contributed by atoms with Crippen LogP contribution >= 0.6 is 15.9 Å². The van der Waals surface area contributed by atoms with Crippen LogP contribution in [0.5, 0.6) is 5.75 Å². The van der Waals surface area contributed by atoms with E-state index in [9.17, 15) is 22.7 Å². The lowest BCUT2D eigenvalue weighted by Crippen LogP contribution is -2.40. The minimum Gasteiger partial charge on any atom is -0.508 e. The highest BCUT2D eigenvalue weighted by Crippen LogP contribution is 2.30. The standard InChI is InChI=1S/C12H14BrF4NO/c1-2-9(18-6-12(16,17)11(14)15)8-5-7(13)3-4-10(8)19/h3-5,9,11,18-19H,2,6H2,1H3. The highest BCUT2D eigenvalue weighted by atomic mass is 79.9. The molecule has 0 fully saturated rings. The number of benzene rings is 1. The second-order valence-electron chi connectivity index (χ2n) is 4.11. The normalized spacial score (nSPS) is 13.8. The Hall–Kier alpha value is -0.820.